The van der Waals surface area contributed by atoms with Crippen molar-refractivity contribution < 1.29 is 4.79 Å². The molecule has 1 atom stereocenters. The van der Waals surface area contributed by atoms with E-state index >= 15 is 0 Å². The van der Waals surface area contributed by atoms with Gasteiger partial charge < -0.3 is 5.32 Å². The Labute approximate surface area is 126 Å². The number of amides is 1. The molecule has 2 nitrogen and oxygen atoms in total. The molecule has 100 valence electrons. The second-order valence-electron chi connectivity index (χ2n) is 4.39. The number of halogens is 1. The highest BCUT2D eigenvalue weighted by atomic mass is 79.9. The highest BCUT2D eigenvalue weighted by Crippen LogP contribution is 2.22. The Morgan fingerprint density at radius 1 is 1.32 bits per heavy atom. The minimum Gasteiger partial charge on any atom is -0.350 e. The molecule has 1 aromatic carbocycles. The first-order chi connectivity index (χ1) is 9.16. The Morgan fingerprint density at radius 3 is 2.79 bits per heavy atom. The van der Waals surface area contributed by atoms with Crippen molar-refractivity contribution in [1.82, 2.24) is 5.32 Å². The van der Waals surface area contributed by atoms with Gasteiger partial charge >= 0.3 is 0 Å². The Hall–Kier alpha value is -1.13. The average Bonchev–Trinajstić information content (AvgIpc) is 2.90. The molecule has 2 rings (SSSR count). The molecule has 1 heterocycles. The molecule has 1 N–H and O–H groups in total. The predicted octanol–water partition coefficient (Wildman–Crippen LogP) is 4.32. The molecular weight excluding hydrogens is 322 g/mol. The van der Waals surface area contributed by atoms with Crippen LogP contribution in [0.3, 0.4) is 0 Å². The van der Waals surface area contributed by atoms with Gasteiger partial charge in [-0.2, -0.15) is 0 Å². The van der Waals surface area contributed by atoms with Gasteiger partial charge in [0.2, 0.25) is 5.91 Å². The van der Waals surface area contributed by atoms with Crippen molar-refractivity contribution in [2.45, 2.75) is 25.8 Å². The van der Waals surface area contributed by atoms with Gasteiger partial charge in [0, 0.05) is 15.8 Å². The molecule has 0 fully saturated rings. The van der Waals surface area contributed by atoms with Crippen LogP contribution in [0.15, 0.2) is 46.3 Å². The van der Waals surface area contributed by atoms with E-state index in [4.69, 9.17) is 0 Å². The van der Waals surface area contributed by atoms with Crippen LogP contribution in [0.1, 0.15) is 29.8 Å². The van der Waals surface area contributed by atoms with Gasteiger partial charge in [0.05, 0.1) is 6.04 Å². The first-order valence-electron chi connectivity index (χ1n) is 6.23. The van der Waals surface area contributed by atoms with Crippen LogP contribution in [0.4, 0.5) is 0 Å². The molecule has 4 heteroatoms. The van der Waals surface area contributed by atoms with Crippen molar-refractivity contribution in [3.8, 4) is 0 Å². The van der Waals surface area contributed by atoms with Crippen LogP contribution < -0.4 is 5.32 Å². The molecule has 0 aliphatic rings. The van der Waals surface area contributed by atoms with Crippen LogP contribution >= 0.6 is 27.3 Å². The number of thiophene rings is 1. The Kier molecular flexibility index (Phi) is 5.16. The summed E-state index contributed by atoms with van der Waals surface area (Å²) in [6, 6.07) is 12.1. The molecule has 0 radical (unpaired) electrons. The van der Waals surface area contributed by atoms with Crippen LogP contribution in [-0.4, -0.2) is 5.91 Å². The average molecular weight is 338 g/mol. The zero-order valence-electron chi connectivity index (χ0n) is 10.7. The number of nitrogens with one attached hydrogen (secondary N) is 1. The molecule has 2 aromatic rings. The summed E-state index contributed by atoms with van der Waals surface area (Å²) >= 11 is 5.20. The fraction of sp³-hybridized carbons (Fsp3) is 0.267. The summed E-state index contributed by atoms with van der Waals surface area (Å²) in [7, 11) is 0. The van der Waals surface area contributed by atoms with E-state index in [2.05, 4.69) is 27.3 Å². The van der Waals surface area contributed by atoms with Gasteiger partial charge in [0.15, 0.2) is 0 Å². The largest absolute Gasteiger partial charge is 0.350 e. The predicted molar refractivity (Wildman–Crippen MR) is 83.3 cm³/mol. The van der Waals surface area contributed by atoms with Crippen LogP contribution in [0, 0.1) is 0 Å². The molecule has 0 saturated carbocycles. The SMILES string of the molecule is CC(NC(=O)CCc1cccs1)c1ccccc1Br. The Morgan fingerprint density at radius 2 is 2.11 bits per heavy atom. The van der Waals surface area contributed by atoms with E-state index in [-0.39, 0.29) is 11.9 Å². The minimum absolute atomic E-state index is 0.0198. The molecule has 1 amide bonds. The third-order valence-corrected chi connectivity index (χ3v) is 4.59. The number of rotatable bonds is 5. The van der Waals surface area contributed by atoms with E-state index in [1.165, 1.54) is 4.88 Å². The number of hydrogen-bond acceptors (Lipinski definition) is 2. The second-order valence-corrected chi connectivity index (χ2v) is 6.28. The lowest BCUT2D eigenvalue weighted by molar-refractivity contribution is -0.121. The fourth-order valence-electron chi connectivity index (χ4n) is 1.91. The number of benzene rings is 1. The fourth-order valence-corrected chi connectivity index (χ4v) is 3.25. The summed E-state index contributed by atoms with van der Waals surface area (Å²) in [5.74, 6) is 0.0941. The highest BCUT2D eigenvalue weighted by molar-refractivity contribution is 9.10. The van der Waals surface area contributed by atoms with Gasteiger partial charge in [-0.15, -0.1) is 11.3 Å². The molecule has 19 heavy (non-hydrogen) atoms. The first kappa shape index (κ1) is 14.3. The van der Waals surface area contributed by atoms with E-state index in [1.54, 1.807) is 11.3 Å². The van der Waals surface area contributed by atoms with Crippen LogP contribution in [-0.2, 0) is 11.2 Å². The van der Waals surface area contributed by atoms with Gasteiger partial charge in [0.25, 0.3) is 0 Å². The number of aryl methyl sites for hydroxylation is 1. The molecule has 1 unspecified atom stereocenters. The smallest absolute Gasteiger partial charge is 0.220 e. The lowest BCUT2D eigenvalue weighted by Gasteiger charge is -2.15. The van der Waals surface area contributed by atoms with E-state index in [0.29, 0.717) is 6.42 Å². The molecule has 0 aliphatic heterocycles. The van der Waals surface area contributed by atoms with Crippen LogP contribution in [0.25, 0.3) is 0 Å². The van der Waals surface area contributed by atoms with Crippen molar-refractivity contribution in [3.63, 3.8) is 0 Å². The number of carbonyl (C=O) groups is 1. The molecular formula is C15H16BrNOS. The second kappa shape index (κ2) is 6.87. The van der Waals surface area contributed by atoms with E-state index < -0.39 is 0 Å². The first-order valence-corrected chi connectivity index (χ1v) is 7.90. The Bertz CT molecular complexity index is 539. The number of hydrogen-bond donors (Lipinski definition) is 1. The monoisotopic (exact) mass is 337 g/mol. The summed E-state index contributed by atoms with van der Waals surface area (Å²) in [6.45, 7) is 2.00. The maximum Gasteiger partial charge on any atom is 0.220 e. The molecule has 0 saturated heterocycles. The normalized spacial score (nSPS) is 12.1. The van der Waals surface area contributed by atoms with Crippen LogP contribution in [0.5, 0.6) is 0 Å². The molecule has 0 aliphatic carbocycles. The van der Waals surface area contributed by atoms with E-state index in [0.717, 1.165) is 16.5 Å². The van der Waals surface area contributed by atoms with Crippen molar-refractivity contribution in [1.29, 1.82) is 0 Å². The summed E-state index contributed by atoms with van der Waals surface area (Å²) in [5.41, 5.74) is 1.10. The minimum atomic E-state index is 0.0198. The van der Waals surface area contributed by atoms with Crippen molar-refractivity contribution in [3.05, 3.63) is 56.7 Å². The quantitative estimate of drug-likeness (QED) is 0.864. The highest BCUT2D eigenvalue weighted by Gasteiger charge is 2.11. The lowest BCUT2D eigenvalue weighted by Crippen LogP contribution is -2.26. The molecule has 1 aromatic heterocycles. The maximum absolute atomic E-state index is 11.9. The van der Waals surface area contributed by atoms with Crippen molar-refractivity contribution in [2.24, 2.45) is 0 Å². The van der Waals surface area contributed by atoms with Gasteiger partial charge in [-0.1, -0.05) is 40.2 Å². The summed E-state index contributed by atoms with van der Waals surface area (Å²) in [5, 5.41) is 5.07. The van der Waals surface area contributed by atoms with E-state index in [9.17, 15) is 4.79 Å². The van der Waals surface area contributed by atoms with Crippen LogP contribution in [0.2, 0.25) is 0 Å². The summed E-state index contributed by atoms with van der Waals surface area (Å²) in [6.07, 6.45) is 1.35. The lowest BCUT2D eigenvalue weighted by atomic mass is 10.1. The van der Waals surface area contributed by atoms with Gasteiger partial charge in [-0.05, 0) is 36.4 Å². The van der Waals surface area contributed by atoms with Gasteiger partial charge in [-0.3, -0.25) is 4.79 Å². The summed E-state index contributed by atoms with van der Waals surface area (Å²) in [4.78, 5) is 13.2. The third kappa shape index (κ3) is 4.18. The molecule has 0 bridgehead atoms. The maximum atomic E-state index is 11.9. The van der Waals surface area contributed by atoms with Crippen molar-refractivity contribution in [2.75, 3.05) is 0 Å². The topological polar surface area (TPSA) is 29.1 Å². The zero-order valence-corrected chi connectivity index (χ0v) is 13.1. The standard InChI is InChI=1S/C15H16BrNOS/c1-11(13-6-2-3-7-14(13)16)17-15(18)9-8-12-5-4-10-19-12/h2-7,10-11H,8-9H2,1H3,(H,17,18). The van der Waals surface area contributed by atoms with Gasteiger partial charge in [-0.25, -0.2) is 0 Å². The Balaban J connectivity index is 1.87. The van der Waals surface area contributed by atoms with E-state index in [1.807, 2.05) is 42.6 Å². The number of carbonyl (C=O) groups excluding carboxylic acids is 1. The van der Waals surface area contributed by atoms with Gasteiger partial charge in [0.1, 0.15) is 0 Å². The van der Waals surface area contributed by atoms with Crippen molar-refractivity contribution >= 4 is 33.2 Å². The molecule has 0 spiro atoms. The summed E-state index contributed by atoms with van der Waals surface area (Å²) < 4.78 is 1.03. The zero-order chi connectivity index (χ0) is 13.7. The third-order valence-electron chi connectivity index (χ3n) is 2.93.